The van der Waals surface area contributed by atoms with Crippen LogP contribution in [0.1, 0.15) is 46.7 Å². The van der Waals surface area contributed by atoms with Crippen molar-refractivity contribution >= 4 is 43.9 Å². The molecule has 4 fully saturated rings. The van der Waals surface area contributed by atoms with Crippen LogP contribution >= 0.6 is 0 Å². The molecule has 662 valence electrons. The molecule has 11 heterocycles. The number of hydrogen-bond acceptors (Lipinski definition) is 42. The van der Waals surface area contributed by atoms with Crippen LogP contribution in [-0.2, 0) is 18.9 Å². The molecule has 0 bridgehead atoms. The molecule has 4 aromatic heterocycles. The second kappa shape index (κ2) is 32.9. The number of phenols is 14. The molecular formula is C84H74O42. The highest BCUT2D eigenvalue weighted by atomic mass is 16.6. The summed E-state index contributed by atoms with van der Waals surface area (Å²) < 4.78 is 62.3. The summed E-state index contributed by atoms with van der Waals surface area (Å²) in [5.74, 6) is -7.06. The second-order valence-corrected chi connectivity index (χ2v) is 30.2. The van der Waals surface area contributed by atoms with E-state index in [9.17, 15) is 157 Å². The lowest BCUT2D eigenvalue weighted by atomic mass is 9.89. The van der Waals surface area contributed by atoms with Gasteiger partial charge in [-0.05, 0) is 60.7 Å². The molecule has 0 aliphatic carbocycles. The van der Waals surface area contributed by atoms with Gasteiger partial charge in [-0.2, -0.15) is 0 Å². The Labute approximate surface area is 699 Å². The largest absolute Gasteiger partial charge is 0.508 e. The van der Waals surface area contributed by atoms with Crippen LogP contribution in [0.15, 0.2) is 152 Å². The van der Waals surface area contributed by atoms with Crippen LogP contribution in [0.5, 0.6) is 97.7 Å². The zero-order valence-corrected chi connectivity index (χ0v) is 64.0. The number of benzene rings is 8. The third-order valence-electron chi connectivity index (χ3n) is 22.4. The van der Waals surface area contributed by atoms with Gasteiger partial charge in [0.1, 0.15) is 228 Å². The third kappa shape index (κ3) is 14.7. The summed E-state index contributed by atoms with van der Waals surface area (Å²) in [6, 6.07) is 23.0. The molecule has 0 amide bonds. The lowest BCUT2D eigenvalue weighted by molar-refractivity contribution is -0.232. The molecule has 4 saturated heterocycles. The van der Waals surface area contributed by atoms with Gasteiger partial charge in [-0.15, -0.1) is 0 Å². The minimum atomic E-state index is -1.77. The average molecular weight is 1760 g/mol. The van der Waals surface area contributed by atoms with Crippen molar-refractivity contribution < 1.29 is 189 Å². The fourth-order valence-electron chi connectivity index (χ4n) is 16.2. The summed E-state index contributed by atoms with van der Waals surface area (Å²) in [7, 11) is 0. The van der Waals surface area contributed by atoms with Crippen molar-refractivity contribution in [2.45, 2.75) is 122 Å². The highest BCUT2D eigenvalue weighted by Crippen LogP contribution is 2.56. The summed E-state index contributed by atoms with van der Waals surface area (Å²) in [6.45, 7) is -2.43. The predicted molar refractivity (Wildman–Crippen MR) is 421 cm³/mol. The molecule has 0 radical (unpaired) electrons. The van der Waals surface area contributed by atoms with E-state index in [1.165, 1.54) is 54.6 Å². The summed E-state index contributed by atoms with van der Waals surface area (Å²) in [5.41, 5.74) is -2.19. The molecule has 42 nitrogen and oxygen atoms in total. The van der Waals surface area contributed by atoms with Gasteiger partial charge < -0.3 is 189 Å². The van der Waals surface area contributed by atoms with Gasteiger partial charge in [-0.25, -0.2) is 0 Å². The van der Waals surface area contributed by atoms with Crippen molar-refractivity contribution in [3.8, 4) is 143 Å². The standard InChI is InChI=1S/2C21H18O11.C21H18O10.C21H20O10/c22-5-13-17(28)18(29)21-20(32-13)15-12(31-21)4-8(24)14-7(23)3-11(30-19(14)15)6-1-9(25)16(27)10(26)2-6;22-5-13-17(27)19(29)21-20(32-13)15-12(31-21)4-11-14(18(15)28)7(23)3-10(30-11)6-1-8(24)16(26)9(25)2-6;22-6-14-17(26)19(28)21-20(31-14)16-13(30-21)5-12-15(18(16)27)10(25)4-11(29-12)7-1-8(23)3-9(24)2-7;22-7-14-17(26)19(28)20(29)21(31-14)16-11(25)6-13-15(18(16)27)10(24)5-12(30-13)8-1-3-9(23)4-2-8/h1-4,13,17-18,20-22,24-29H,5H2;1-4,13,17,19-22,24-29H,5H2;1-5,14,17,19-24,26-28H,6H2;1-6,14,17,19-23,25-29H,7H2/t13-,17-,18+,20+,21+;13-,17-,19+,20+,21+;2*14-,17-,19+,20+,21+/m1111/s1. The lowest BCUT2D eigenvalue weighted by Crippen LogP contribution is -2.55. The first-order valence-corrected chi connectivity index (χ1v) is 38.0. The minimum absolute atomic E-state index is 0.0198. The van der Waals surface area contributed by atoms with Crippen LogP contribution in [0.3, 0.4) is 0 Å². The monoisotopic (exact) mass is 1750 g/mol. The van der Waals surface area contributed by atoms with E-state index in [0.29, 0.717) is 5.56 Å². The average Bonchev–Trinajstić information content (AvgIpc) is 1.57. The van der Waals surface area contributed by atoms with E-state index >= 15 is 0 Å². The first-order valence-electron chi connectivity index (χ1n) is 38.0. The molecule has 20 atom stereocenters. The minimum Gasteiger partial charge on any atom is -0.508 e. The van der Waals surface area contributed by atoms with E-state index in [2.05, 4.69) is 0 Å². The molecule has 7 aliphatic rings. The summed E-state index contributed by atoms with van der Waals surface area (Å²) >= 11 is 0. The Hall–Kier alpha value is -13.5. The van der Waals surface area contributed by atoms with Crippen LogP contribution < -0.4 is 35.9 Å². The zero-order valence-electron chi connectivity index (χ0n) is 64.0. The Balaban J connectivity index is 0.000000124. The van der Waals surface area contributed by atoms with Crippen LogP contribution in [0.2, 0.25) is 0 Å². The van der Waals surface area contributed by atoms with Crippen molar-refractivity contribution in [3.05, 3.63) is 178 Å². The Morgan fingerprint density at radius 2 is 0.579 bits per heavy atom. The van der Waals surface area contributed by atoms with Gasteiger partial charge in [0.05, 0.1) is 48.7 Å². The SMILES string of the molecule is O=c1cc(-c2cc(O)c(O)c(O)c2)oc2c3c(cc(O)c12)O[C@H]1[C@@H](O)[C@H](O)[C@@H](CO)O[C@@H]31.O=c1cc(-c2cc(O)c(O)c(O)c2)oc2cc3c(c(O)c12)[C@@H]1O[C@H](CO)[C@@H](O)[C@H](O)[C@@H]1O3.O=c1cc(-c2cc(O)cc(O)c2)oc2cc3c(c(O)c12)[C@@H]1O[C@H](CO)[C@@H](O)[C@H](O)[C@@H]1O3.O=c1cc(-c2ccc(O)cc2)oc2cc(O)c([C@@H]3O[C@H](CO)[C@@H](O)[C@H](O)[C@@H]3O)c(O)c12. The summed E-state index contributed by atoms with van der Waals surface area (Å²) in [6.07, 6.45) is -26.2. The Morgan fingerprint density at radius 1 is 0.254 bits per heavy atom. The molecule has 8 aromatic carbocycles. The molecule has 0 unspecified atom stereocenters. The number of aliphatic hydroxyl groups excluding tert-OH is 13. The molecule has 12 aromatic rings. The summed E-state index contributed by atoms with van der Waals surface area (Å²) in [5, 5.41) is 269. The van der Waals surface area contributed by atoms with E-state index in [1.54, 1.807) is 0 Å². The van der Waals surface area contributed by atoms with Crippen molar-refractivity contribution in [2.24, 2.45) is 0 Å². The van der Waals surface area contributed by atoms with Crippen LogP contribution in [0.25, 0.3) is 89.2 Å². The fourth-order valence-corrected chi connectivity index (χ4v) is 16.2. The first-order chi connectivity index (χ1) is 59.9. The number of fused-ring (bicyclic) bond motifs is 14. The highest BCUT2D eigenvalue weighted by Gasteiger charge is 2.56. The third-order valence-corrected chi connectivity index (χ3v) is 22.4. The first kappa shape index (κ1) is 86.1. The molecular weight excluding hydrogens is 1680 g/mol. The van der Waals surface area contributed by atoms with Gasteiger partial charge in [-0.3, -0.25) is 19.2 Å². The highest BCUT2D eigenvalue weighted by molar-refractivity contribution is 5.93. The van der Waals surface area contributed by atoms with Crippen LogP contribution in [0.4, 0.5) is 0 Å². The van der Waals surface area contributed by atoms with Crippen LogP contribution in [0, 0.1) is 0 Å². The van der Waals surface area contributed by atoms with Gasteiger partial charge in [0.15, 0.2) is 80.1 Å². The molecule has 19 rings (SSSR count). The maximum absolute atomic E-state index is 12.8. The van der Waals surface area contributed by atoms with Crippen LogP contribution in [-0.4, -0.2) is 262 Å². The topological polar surface area (TPSA) is 732 Å². The Kier molecular flexibility index (Phi) is 22.5. The molecule has 7 aliphatic heterocycles. The normalized spacial score (nSPS) is 26.6. The van der Waals surface area contributed by atoms with Gasteiger partial charge in [0.2, 0.25) is 0 Å². The van der Waals surface area contributed by atoms with E-state index in [4.69, 9.17) is 50.8 Å². The number of hydrogen-bond donors (Lipinski definition) is 27. The molecule has 0 saturated carbocycles. The fraction of sp³-hybridized carbons (Fsp3) is 0.286. The number of phenolic OH excluding ortho intramolecular Hbond substituents is 14. The van der Waals surface area contributed by atoms with Gasteiger partial charge in [0, 0.05) is 76.9 Å². The Morgan fingerprint density at radius 3 is 0.976 bits per heavy atom. The lowest BCUT2D eigenvalue weighted by Gasteiger charge is -2.40. The molecule has 42 heteroatoms. The zero-order chi connectivity index (χ0) is 90.3. The smallest absolute Gasteiger partial charge is 0.200 e. The maximum atomic E-state index is 12.8. The Bertz CT molecular complexity index is 6490. The number of ether oxygens (including phenoxy) is 7. The van der Waals surface area contributed by atoms with Crippen molar-refractivity contribution in [1.29, 1.82) is 0 Å². The summed E-state index contributed by atoms with van der Waals surface area (Å²) in [4.78, 5) is 51.2. The quantitative estimate of drug-likeness (QED) is 0.0896. The molecule has 27 N–H and O–H groups in total. The maximum Gasteiger partial charge on any atom is 0.200 e. The number of aliphatic hydroxyl groups is 13. The van der Waals surface area contributed by atoms with Gasteiger partial charge in [-0.1, -0.05) is 0 Å². The molecule has 0 spiro atoms. The van der Waals surface area contributed by atoms with Gasteiger partial charge >= 0.3 is 0 Å². The van der Waals surface area contributed by atoms with Crippen molar-refractivity contribution in [2.75, 3.05) is 26.4 Å². The van der Waals surface area contributed by atoms with E-state index in [0.717, 1.165) is 60.7 Å². The van der Waals surface area contributed by atoms with Gasteiger partial charge in [0.25, 0.3) is 0 Å². The molecule has 126 heavy (non-hydrogen) atoms. The number of aromatic hydroxyl groups is 14. The van der Waals surface area contributed by atoms with E-state index < -0.39 is 239 Å². The van der Waals surface area contributed by atoms with Crippen molar-refractivity contribution in [3.63, 3.8) is 0 Å². The second-order valence-electron chi connectivity index (χ2n) is 30.2. The van der Waals surface area contributed by atoms with Crippen molar-refractivity contribution in [1.82, 2.24) is 0 Å². The van der Waals surface area contributed by atoms with E-state index in [-0.39, 0.29) is 135 Å². The predicted octanol–water partition coefficient (Wildman–Crippen LogP) is 0.978. The van der Waals surface area contributed by atoms with E-state index in [1.807, 2.05) is 0 Å². The number of rotatable bonds is 9.